The summed E-state index contributed by atoms with van der Waals surface area (Å²) in [5.74, 6) is -4.00. The highest BCUT2D eigenvalue weighted by atomic mass is 16.6. The molecular weight excluding hydrogens is 300 g/mol. The summed E-state index contributed by atoms with van der Waals surface area (Å²) in [6.45, 7) is 10.5. The molecule has 1 N–H and O–H groups in total. The molecule has 1 saturated carbocycles. The van der Waals surface area contributed by atoms with E-state index in [0.717, 1.165) is 0 Å². The van der Waals surface area contributed by atoms with Gasteiger partial charge in [0.2, 0.25) is 0 Å². The molecule has 0 aliphatic heterocycles. The minimum Gasteiger partial charge on any atom is -0.481 e. The van der Waals surface area contributed by atoms with Gasteiger partial charge in [0.15, 0.2) is 0 Å². The van der Waals surface area contributed by atoms with E-state index >= 15 is 0 Å². The van der Waals surface area contributed by atoms with Crippen molar-refractivity contribution in [3.63, 3.8) is 0 Å². The van der Waals surface area contributed by atoms with Crippen molar-refractivity contribution in [2.45, 2.75) is 72.0 Å². The standard InChI is InChI=1S/C17H28O6/c1-16(2,3)22-14(20)11-8-7-10(13(18)19)9-12(11)15(21)23-17(4,5)6/h10-12H,7-9H2,1-6H3,(H,18,19). The van der Waals surface area contributed by atoms with Crippen LogP contribution in [-0.2, 0) is 23.9 Å². The van der Waals surface area contributed by atoms with E-state index in [2.05, 4.69) is 0 Å². The van der Waals surface area contributed by atoms with Crippen LogP contribution in [0.1, 0.15) is 60.8 Å². The number of carbonyl (C=O) groups is 3. The Kier molecular flexibility index (Phi) is 5.83. The van der Waals surface area contributed by atoms with Gasteiger partial charge in [-0.3, -0.25) is 14.4 Å². The average molecular weight is 328 g/mol. The number of carboxylic acids is 1. The molecule has 0 bridgehead atoms. The highest BCUT2D eigenvalue weighted by Crippen LogP contribution is 2.37. The Morgan fingerprint density at radius 1 is 0.826 bits per heavy atom. The summed E-state index contributed by atoms with van der Waals surface area (Å²) in [5.41, 5.74) is -1.34. The lowest BCUT2D eigenvalue weighted by Gasteiger charge is -2.35. The van der Waals surface area contributed by atoms with E-state index < -0.39 is 46.9 Å². The molecule has 0 saturated heterocycles. The first-order chi connectivity index (χ1) is 10.3. The molecule has 0 spiro atoms. The number of aliphatic carboxylic acids is 1. The summed E-state index contributed by atoms with van der Waals surface area (Å²) < 4.78 is 10.8. The minimum atomic E-state index is -0.943. The third-order valence-electron chi connectivity index (χ3n) is 3.62. The summed E-state index contributed by atoms with van der Waals surface area (Å²) >= 11 is 0. The van der Waals surface area contributed by atoms with Gasteiger partial charge in [-0.15, -0.1) is 0 Å². The van der Waals surface area contributed by atoms with Crippen LogP contribution in [0.25, 0.3) is 0 Å². The van der Waals surface area contributed by atoms with Crippen LogP contribution in [0.3, 0.4) is 0 Å². The molecule has 6 heteroatoms. The van der Waals surface area contributed by atoms with Gasteiger partial charge >= 0.3 is 17.9 Å². The SMILES string of the molecule is CC(C)(C)OC(=O)C1CCC(C(=O)O)CC1C(=O)OC(C)(C)C. The molecule has 0 aromatic heterocycles. The second-order valence-electron chi connectivity index (χ2n) is 8.13. The van der Waals surface area contributed by atoms with Gasteiger partial charge in [0.25, 0.3) is 0 Å². The Bertz CT molecular complexity index is 468. The van der Waals surface area contributed by atoms with Crippen LogP contribution in [-0.4, -0.2) is 34.2 Å². The van der Waals surface area contributed by atoms with Crippen molar-refractivity contribution in [1.29, 1.82) is 0 Å². The highest BCUT2D eigenvalue weighted by molar-refractivity contribution is 5.84. The third kappa shape index (κ3) is 6.20. The van der Waals surface area contributed by atoms with Gasteiger partial charge < -0.3 is 14.6 Å². The van der Waals surface area contributed by atoms with E-state index in [0.29, 0.717) is 12.8 Å². The number of esters is 2. The predicted molar refractivity (Wildman–Crippen MR) is 83.6 cm³/mol. The molecule has 1 fully saturated rings. The zero-order valence-electron chi connectivity index (χ0n) is 14.8. The maximum Gasteiger partial charge on any atom is 0.310 e. The van der Waals surface area contributed by atoms with Gasteiger partial charge in [-0.05, 0) is 60.8 Å². The molecule has 3 atom stereocenters. The molecule has 6 nitrogen and oxygen atoms in total. The molecule has 0 radical (unpaired) electrons. The number of carboxylic acid groups (broad SMARTS) is 1. The van der Waals surface area contributed by atoms with Crippen LogP contribution in [0.15, 0.2) is 0 Å². The molecule has 0 amide bonds. The summed E-state index contributed by atoms with van der Waals surface area (Å²) in [6.07, 6.45) is 0.780. The lowest BCUT2D eigenvalue weighted by atomic mass is 9.74. The lowest BCUT2D eigenvalue weighted by molar-refractivity contribution is -0.177. The van der Waals surface area contributed by atoms with Crippen molar-refractivity contribution < 1.29 is 29.0 Å². The molecule has 0 aromatic rings. The normalized spacial score (nSPS) is 25.6. The van der Waals surface area contributed by atoms with Gasteiger partial charge in [0.1, 0.15) is 11.2 Å². The van der Waals surface area contributed by atoms with E-state index in [-0.39, 0.29) is 6.42 Å². The first kappa shape index (κ1) is 19.5. The van der Waals surface area contributed by atoms with Gasteiger partial charge in [-0.1, -0.05) is 0 Å². The summed E-state index contributed by atoms with van der Waals surface area (Å²) in [4.78, 5) is 36.1. The third-order valence-corrected chi connectivity index (χ3v) is 3.62. The van der Waals surface area contributed by atoms with Crippen molar-refractivity contribution in [1.82, 2.24) is 0 Å². The van der Waals surface area contributed by atoms with Crippen molar-refractivity contribution in [3.05, 3.63) is 0 Å². The Balaban J connectivity index is 2.95. The van der Waals surface area contributed by atoms with E-state index in [9.17, 15) is 19.5 Å². The molecule has 0 aromatic carbocycles. The molecule has 1 rings (SSSR count). The monoisotopic (exact) mass is 328 g/mol. The Morgan fingerprint density at radius 3 is 1.65 bits per heavy atom. The van der Waals surface area contributed by atoms with Crippen molar-refractivity contribution in [3.8, 4) is 0 Å². The second kappa shape index (κ2) is 6.89. The molecule has 23 heavy (non-hydrogen) atoms. The molecule has 1 aliphatic rings. The van der Waals surface area contributed by atoms with Gasteiger partial charge in [0, 0.05) is 0 Å². The number of hydrogen-bond donors (Lipinski definition) is 1. The molecule has 1 aliphatic carbocycles. The smallest absolute Gasteiger partial charge is 0.310 e. The fourth-order valence-corrected chi connectivity index (χ4v) is 2.69. The summed E-state index contributed by atoms with van der Waals surface area (Å²) in [5, 5.41) is 9.21. The van der Waals surface area contributed by atoms with Crippen molar-refractivity contribution in [2.24, 2.45) is 17.8 Å². The maximum atomic E-state index is 12.4. The first-order valence-corrected chi connectivity index (χ1v) is 7.98. The quantitative estimate of drug-likeness (QED) is 0.801. The van der Waals surface area contributed by atoms with E-state index in [1.807, 2.05) is 0 Å². The number of ether oxygens (including phenoxy) is 2. The van der Waals surface area contributed by atoms with E-state index in [4.69, 9.17) is 9.47 Å². The Labute approximate surface area is 137 Å². The van der Waals surface area contributed by atoms with Crippen LogP contribution in [0.2, 0.25) is 0 Å². The number of rotatable bonds is 3. The zero-order valence-corrected chi connectivity index (χ0v) is 14.8. The largest absolute Gasteiger partial charge is 0.481 e. The maximum absolute atomic E-state index is 12.4. The first-order valence-electron chi connectivity index (χ1n) is 7.98. The second-order valence-corrected chi connectivity index (χ2v) is 8.13. The molecule has 3 unspecified atom stereocenters. The van der Waals surface area contributed by atoms with E-state index in [1.54, 1.807) is 41.5 Å². The van der Waals surface area contributed by atoms with Crippen LogP contribution >= 0.6 is 0 Å². The van der Waals surface area contributed by atoms with E-state index in [1.165, 1.54) is 0 Å². The van der Waals surface area contributed by atoms with Gasteiger partial charge in [-0.2, -0.15) is 0 Å². The topological polar surface area (TPSA) is 89.9 Å². The van der Waals surface area contributed by atoms with Crippen molar-refractivity contribution in [2.75, 3.05) is 0 Å². The summed E-state index contributed by atoms with van der Waals surface area (Å²) in [7, 11) is 0. The Morgan fingerprint density at radius 2 is 1.26 bits per heavy atom. The Hall–Kier alpha value is -1.59. The van der Waals surface area contributed by atoms with Gasteiger partial charge in [0.05, 0.1) is 17.8 Å². The predicted octanol–water partition coefficient (Wildman–Crippen LogP) is 2.79. The number of hydrogen-bond acceptors (Lipinski definition) is 5. The van der Waals surface area contributed by atoms with Crippen LogP contribution in [0.4, 0.5) is 0 Å². The van der Waals surface area contributed by atoms with Crippen LogP contribution in [0.5, 0.6) is 0 Å². The van der Waals surface area contributed by atoms with Crippen molar-refractivity contribution >= 4 is 17.9 Å². The van der Waals surface area contributed by atoms with Crippen LogP contribution in [0, 0.1) is 17.8 Å². The fraction of sp³-hybridized carbons (Fsp3) is 0.824. The fourth-order valence-electron chi connectivity index (χ4n) is 2.69. The number of carbonyl (C=O) groups excluding carboxylic acids is 2. The minimum absolute atomic E-state index is 0.105. The highest BCUT2D eigenvalue weighted by Gasteiger charge is 2.44. The lowest BCUT2D eigenvalue weighted by Crippen LogP contribution is -2.42. The molecule has 0 heterocycles. The summed E-state index contributed by atoms with van der Waals surface area (Å²) in [6, 6.07) is 0. The molecule has 132 valence electrons. The molecular formula is C17H28O6. The van der Waals surface area contributed by atoms with Crippen LogP contribution < -0.4 is 0 Å². The van der Waals surface area contributed by atoms with Gasteiger partial charge in [-0.25, -0.2) is 0 Å². The average Bonchev–Trinajstić information content (AvgIpc) is 2.33. The zero-order chi connectivity index (χ0) is 18.0.